The largest absolute Gasteiger partial charge is 0.326 e. The second-order valence-corrected chi connectivity index (χ2v) is 10.9. The van der Waals surface area contributed by atoms with Crippen molar-refractivity contribution < 1.29 is 18.4 Å². The molecule has 2 aromatic rings. The van der Waals surface area contributed by atoms with Crippen molar-refractivity contribution in [2.24, 2.45) is 11.8 Å². The first-order chi connectivity index (χ1) is 15.8. The molecule has 12 heteroatoms. The van der Waals surface area contributed by atoms with Crippen LogP contribution in [0.5, 0.6) is 0 Å². The average Bonchev–Trinajstić information content (AvgIpc) is 3.56. The van der Waals surface area contributed by atoms with Gasteiger partial charge in [-0.2, -0.15) is 0 Å². The minimum Gasteiger partial charge on any atom is -0.326 e. The third-order valence-corrected chi connectivity index (χ3v) is 7.32. The Morgan fingerprint density at radius 1 is 0.971 bits per heavy atom. The van der Waals surface area contributed by atoms with E-state index in [9.17, 15) is 18.4 Å². The van der Waals surface area contributed by atoms with Crippen LogP contribution in [0.15, 0.2) is 43.0 Å². The van der Waals surface area contributed by atoms with Crippen LogP contribution in [-0.2, 0) is 9.59 Å². The Morgan fingerprint density at radius 3 is 2.18 bits per heavy atom. The van der Waals surface area contributed by atoms with Crippen LogP contribution < -0.4 is 16.2 Å². The van der Waals surface area contributed by atoms with E-state index in [1.54, 1.807) is 24.3 Å². The van der Waals surface area contributed by atoms with E-state index in [1.807, 2.05) is 0 Å². The minimum atomic E-state index is -2.99. The van der Waals surface area contributed by atoms with Crippen molar-refractivity contribution in [3.63, 3.8) is 0 Å². The van der Waals surface area contributed by atoms with Crippen LogP contribution >= 0.6 is 58.0 Å². The molecule has 0 radical (unpaired) electrons. The first-order valence-electron chi connectivity index (χ1n) is 9.88. The fourth-order valence-corrected chi connectivity index (χ4v) is 5.27. The molecule has 0 aromatic heterocycles. The lowest BCUT2D eigenvalue weighted by Crippen LogP contribution is -2.38. The molecule has 4 rings (SSSR count). The van der Waals surface area contributed by atoms with Crippen LogP contribution in [0.25, 0.3) is 5.70 Å². The summed E-state index contributed by atoms with van der Waals surface area (Å²) in [6, 6.07) is 9.41. The van der Waals surface area contributed by atoms with Crippen LogP contribution in [0, 0.1) is 11.8 Å². The Hall–Kier alpha value is -1.77. The summed E-state index contributed by atoms with van der Waals surface area (Å²) in [7, 11) is 0. The van der Waals surface area contributed by atoms with Gasteiger partial charge in [-0.25, -0.2) is 8.78 Å². The molecule has 2 saturated carbocycles. The van der Waals surface area contributed by atoms with Gasteiger partial charge < -0.3 is 5.32 Å². The van der Waals surface area contributed by atoms with Gasteiger partial charge in [0.15, 0.2) is 0 Å². The summed E-state index contributed by atoms with van der Waals surface area (Å²) in [5.41, 5.74) is 6.12. The van der Waals surface area contributed by atoms with Crippen LogP contribution in [0.1, 0.15) is 23.5 Å². The molecular weight excluding hydrogens is 554 g/mol. The van der Waals surface area contributed by atoms with E-state index in [0.717, 1.165) is 0 Å². The number of hydrogen-bond donors (Lipinski definition) is 3. The van der Waals surface area contributed by atoms with E-state index in [4.69, 9.17) is 58.0 Å². The average molecular weight is 570 g/mol. The van der Waals surface area contributed by atoms with E-state index in [1.165, 1.54) is 12.1 Å². The molecule has 0 heterocycles. The van der Waals surface area contributed by atoms with Gasteiger partial charge in [-0.1, -0.05) is 41.4 Å². The highest BCUT2D eigenvalue weighted by Gasteiger charge is 2.67. The lowest BCUT2D eigenvalue weighted by molar-refractivity contribution is -0.125. The maximum Gasteiger partial charge on any atom is 0.260 e. The zero-order valence-corrected chi connectivity index (χ0v) is 20.9. The monoisotopic (exact) mass is 567 g/mol. The van der Waals surface area contributed by atoms with Crippen molar-refractivity contribution in [2.75, 3.05) is 5.32 Å². The van der Waals surface area contributed by atoms with Gasteiger partial charge in [-0.3, -0.25) is 20.4 Å². The first kappa shape index (κ1) is 25.3. The maximum atomic E-state index is 13.0. The summed E-state index contributed by atoms with van der Waals surface area (Å²) in [5.74, 6) is -6.96. The lowest BCUT2D eigenvalue weighted by atomic mass is 10.1. The molecule has 3 N–H and O–H groups in total. The Morgan fingerprint density at radius 2 is 1.59 bits per heavy atom. The Balaban J connectivity index is 1.43. The van der Waals surface area contributed by atoms with E-state index in [2.05, 4.69) is 22.7 Å². The van der Waals surface area contributed by atoms with Crippen molar-refractivity contribution in [1.29, 1.82) is 0 Å². The lowest BCUT2D eigenvalue weighted by Gasteiger charge is -2.14. The Bertz CT molecular complexity index is 1190. The number of benzene rings is 2. The van der Waals surface area contributed by atoms with Gasteiger partial charge >= 0.3 is 0 Å². The SMILES string of the molecule is C=C(NNC(=O)C1CC1(F)F)c1cc(NC(=O)C2C(c3cc(Cl)cc(Cl)c3)C2(Cl)Cl)ccc1Cl. The molecule has 180 valence electrons. The summed E-state index contributed by atoms with van der Waals surface area (Å²) >= 11 is 31.1. The van der Waals surface area contributed by atoms with Crippen molar-refractivity contribution in [3.8, 4) is 0 Å². The highest BCUT2D eigenvalue weighted by atomic mass is 35.5. The molecule has 2 aliphatic carbocycles. The molecule has 2 amide bonds. The fourth-order valence-electron chi connectivity index (χ4n) is 3.67. The zero-order valence-electron chi connectivity index (χ0n) is 17.1. The third kappa shape index (κ3) is 5.09. The normalized spacial score (nSPS) is 23.6. The number of alkyl halides is 4. The summed E-state index contributed by atoms with van der Waals surface area (Å²) in [4.78, 5) is 24.7. The number of hydrogen-bond acceptors (Lipinski definition) is 3. The first-order valence-corrected chi connectivity index (χ1v) is 11.8. The molecule has 3 atom stereocenters. The van der Waals surface area contributed by atoms with Crippen LogP contribution in [0.4, 0.5) is 14.5 Å². The van der Waals surface area contributed by atoms with Gasteiger partial charge in [0, 0.05) is 33.6 Å². The topological polar surface area (TPSA) is 70.2 Å². The molecule has 3 unspecified atom stereocenters. The molecule has 2 fully saturated rings. The second-order valence-electron chi connectivity index (χ2n) is 8.13. The number of halogens is 7. The standard InChI is InChI=1S/C22H16Cl5F2N3O2/c1-9(31-32-19(33)15-8-21(15,28)29)14-7-13(2-3-16(14)25)30-20(34)18-17(22(18,26)27)10-4-11(23)6-12(24)5-10/h2-7,15,17-18,31H,1,8H2,(H,30,34)(H,32,33). The summed E-state index contributed by atoms with van der Waals surface area (Å²) in [5, 5.41) is 3.76. The number of carbonyl (C=O) groups excluding carboxylic acids is 2. The van der Waals surface area contributed by atoms with Gasteiger partial charge in [-0.05, 0) is 42.0 Å². The molecule has 0 saturated heterocycles. The molecule has 34 heavy (non-hydrogen) atoms. The zero-order chi connectivity index (χ0) is 25.0. The molecule has 2 aromatic carbocycles. The van der Waals surface area contributed by atoms with Gasteiger partial charge in [0.05, 0.1) is 16.6 Å². The fraction of sp³-hybridized carbons (Fsp3) is 0.273. The predicted octanol–water partition coefficient (Wildman–Crippen LogP) is 6.42. The van der Waals surface area contributed by atoms with E-state index >= 15 is 0 Å². The predicted molar refractivity (Wildman–Crippen MR) is 131 cm³/mol. The van der Waals surface area contributed by atoms with Crippen LogP contribution in [0.2, 0.25) is 15.1 Å². The van der Waals surface area contributed by atoms with E-state index < -0.39 is 46.2 Å². The minimum absolute atomic E-state index is 0.139. The van der Waals surface area contributed by atoms with Gasteiger partial charge in [0.1, 0.15) is 10.3 Å². The Labute approximate surface area is 218 Å². The molecule has 2 aliphatic rings. The van der Waals surface area contributed by atoms with Crippen molar-refractivity contribution in [1.82, 2.24) is 10.9 Å². The van der Waals surface area contributed by atoms with Crippen molar-refractivity contribution >= 4 is 81.2 Å². The Kier molecular flexibility index (Phi) is 6.72. The van der Waals surface area contributed by atoms with Crippen molar-refractivity contribution in [3.05, 3.63) is 69.2 Å². The highest BCUT2D eigenvalue weighted by Crippen LogP contribution is 2.65. The number of nitrogens with one attached hydrogen (secondary N) is 3. The molecule has 5 nitrogen and oxygen atoms in total. The van der Waals surface area contributed by atoms with Gasteiger partial charge in [0.2, 0.25) is 11.8 Å². The molecule has 0 bridgehead atoms. The third-order valence-electron chi connectivity index (χ3n) is 5.62. The number of hydrazine groups is 1. The highest BCUT2D eigenvalue weighted by molar-refractivity contribution is 6.53. The molecule has 0 spiro atoms. The van der Waals surface area contributed by atoms with E-state index in [0.29, 0.717) is 26.9 Å². The van der Waals surface area contributed by atoms with Gasteiger partial charge in [0.25, 0.3) is 5.92 Å². The number of anilines is 1. The summed E-state index contributed by atoms with van der Waals surface area (Å²) < 4.78 is 24.7. The van der Waals surface area contributed by atoms with Crippen LogP contribution in [-0.4, -0.2) is 22.1 Å². The maximum absolute atomic E-state index is 13.0. The summed E-state index contributed by atoms with van der Waals surface area (Å²) in [6.07, 6.45) is -0.499. The van der Waals surface area contributed by atoms with Gasteiger partial charge in [-0.15, -0.1) is 23.2 Å². The molecular formula is C22H16Cl5F2N3O2. The van der Waals surface area contributed by atoms with Crippen LogP contribution in [0.3, 0.4) is 0 Å². The second kappa shape index (κ2) is 9.03. The van der Waals surface area contributed by atoms with E-state index in [-0.39, 0.29) is 10.7 Å². The summed E-state index contributed by atoms with van der Waals surface area (Å²) in [6.45, 7) is 3.76. The number of carbonyl (C=O) groups is 2. The van der Waals surface area contributed by atoms with Crippen molar-refractivity contribution in [2.45, 2.75) is 22.6 Å². The number of rotatable bonds is 7. The molecule has 0 aliphatic heterocycles. The smallest absolute Gasteiger partial charge is 0.260 e. The quantitative estimate of drug-likeness (QED) is 0.266. The number of amides is 2.